The minimum absolute atomic E-state index is 0.0312. The predicted molar refractivity (Wildman–Crippen MR) is 82.2 cm³/mol. The number of amides is 1. The van der Waals surface area contributed by atoms with Crippen molar-refractivity contribution in [1.82, 2.24) is 0 Å². The van der Waals surface area contributed by atoms with Gasteiger partial charge in [-0.15, -0.1) is 0 Å². The Bertz CT molecular complexity index is 810. The molecule has 0 bridgehead atoms. The van der Waals surface area contributed by atoms with Crippen LogP contribution in [-0.2, 0) is 10.0 Å². The minimum Gasteiger partial charge on any atom is -0.322 e. The Morgan fingerprint density at radius 1 is 0.909 bits per heavy atom. The molecule has 2 aromatic rings. The van der Waals surface area contributed by atoms with E-state index in [-0.39, 0.29) is 16.6 Å². The lowest BCUT2D eigenvalue weighted by molar-refractivity contribution is 0.101. The number of anilines is 1. The van der Waals surface area contributed by atoms with Crippen molar-refractivity contribution in [3.63, 3.8) is 0 Å². The van der Waals surface area contributed by atoms with Gasteiger partial charge in [0.2, 0.25) is 10.0 Å². The molecule has 114 valence electrons. The fourth-order valence-corrected chi connectivity index (χ4v) is 2.30. The third-order valence-corrected chi connectivity index (χ3v) is 3.92. The summed E-state index contributed by atoms with van der Waals surface area (Å²) in [7, 11) is -3.76. The lowest BCUT2D eigenvalue weighted by Gasteiger charge is -2.06. The first-order valence-electron chi connectivity index (χ1n) is 6.32. The molecule has 1 amide bonds. The van der Waals surface area contributed by atoms with E-state index in [4.69, 9.17) is 5.14 Å². The summed E-state index contributed by atoms with van der Waals surface area (Å²) in [6.07, 6.45) is 0. The standard InChI is InChI=1S/C15H14N2O4S/c1-10(18)11-2-4-12(5-3-11)15(19)17-13-6-8-14(9-7-13)22(16,20)21/h2-9H,1H3,(H,17,19)(H2,16,20,21). The van der Waals surface area contributed by atoms with E-state index in [2.05, 4.69) is 5.32 Å². The molecule has 0 radical (unpaired) electrons. The molecule has 0 aromatic heterocycles. The molecular formula is C15H14N2O4S. The molecular weight excluding hydrogens is 304 g/mol. The van der Waals surface area contributed by atoms with Crippen LogP contribution in [-0.4, -0.2) is 20.1 Å². The maximum Gasteiger partial charge on any atom is 0.255 e. The van der Waals surface area contributed by atoms with Gasteiger partial charge in [0.15, 0.2) is 5.78 Å². The quantitative estimate of drug-likeness (QED) is 0.838. The van der Waals surface area contributed by atoms with Crippen molar-refractivity contribution >= 4 is 27.4 Å². The smallest absolute Gasteiger partial charge is 0.255 e. The van der Waals surface area contributed by atoms with Crippen LogP contribution in [0.4, 0.5) is 5.69 Å². The van der Waals surface area contributed by atoms with E-state index >= 15 is 0 Å². The van der Waals surface area contributed by atoms with E-state index in [9.17, 15) is 18.0 Å². The van der Waals surface area contributed by atoms with Gasteiger partial charge >= 0.3 is 0 Å². The highest BCUT2D eigenvalue weighted by atomic mass is 32.2. The number of hydrogen-bond acceptors (Lipinski definition) is 4. The molecule has 0 spiro atoms. The van der Waals surface area contributed by atoms with Crippen LogP contribution >= 0.6 is 0 Å². The Morgan fingerprint density at radius 3 is 1.86 bits per heavy atom. The lowest BCUT2D eigenvalue weighted by Crippen LogP contribution is -2.14. The summed E-state index contributed by atoms with van der Waals surface area (Å²) < 4.78 is 22.3. The fourth-order valence-electron chi connectivity index (χ4n) is 1.79. The summed E-state index contributed by atoms with van der Waals surface area (Å²) in [5.74, 6) is -0.441. The van der Waals surface area contributed by atoms with Crippen LogP contribution in [0.15, 0.2) is 53.4 Å². The molecule has 0 aliphatic heterocycles. The Kier molecular flexibility index (Phi) is 4.39. The molecule has 2 rings (SSSR count). The number of carbonyl (C=O) groups excluding carboxylic acids is 2. The number of nitrogens with one attached hydrogen (secondary N) is 1. The van der Waals surface area contributed by atoms with Crippen LogP contribution < -0.4 is 10.5 Å². The molecule has 0 aliphatic rings. The Balaban J connectivity index is 2.13. The molecule has 22 heavy (non-hydrogen) atoms. The Labute approximate surface area is 128 Å². The van der Waals surface area contributed by atoms with E-state index in [1.807, 2.05) is 0 Å². The highest BCUT2D eigenvalue weighted by molar-refractivity contribution is 7.89. The van der Waals surface area contributed by atoms with Gasteiger partial charge in [-0.3, -0.25) is 9.59 Å². The molecule has 3 N–H and O–H groups in total. The highest BCUT2D eigenvalue weighted by Crippen LogP contribution is 2.14. The predicted octanol–water partition coefficient (Wildman–Crippen LogP) is 1.79. The topological polar surface area (TPSA) is 106 Å². The lowest BCUT2D eigenvalue weighted by atomic mass is 10.1. The maximum atomic E-state index is 12.0. The summed E-state index contributed by atoms with van der Waals surface area (Å²) in [5.41, 5.74) is 1.35. The normalized spacial score (nSPS) is 11.0. The van der Waals surface area contributed by atoms with Crippen LogP contribution in [0, 0.1) is 0 Å². The molecule has 0 unspecified atom stereocenters. The summed E-state index contributed by atoms with van der Waals surface area (Å²) in [6, 6.07) is 11.7. The zero-order chi connectivity index (χ0) is 16.3. The molecule has 0 saturated carbocycles. The second kappa shape index (κ2) is 6.08. The number of Topliss-reactive ketones (excluding diaryl/α,β-unsaturated/α-hetero) is 1. The summed E-state index contributed by atoms with van der Waals surface area (Å²) in [6.45, 7) is 1.45. The first-order valence-corrected chi connectivity index (χ1v) is 7.87. The fraction of sp³-hybridized carbons (Fsp3) is 0.0667. The van der Waals surface area contributed by atoms with Crippen molar-refractivity contribution in [2.45, 2.75) is 11.8 Å². The third-order valence-electron chi connectivity index (χ3n) is 2.99. The van der Waals surface area contributed by atoms with Crippen LogP contribution in [0.2, 0.25) is 0 Å². The number of primary sulfonamides is 1. The van der Waals surface area contributed by atoms with Crippen LogP contribution in [0.1, 0.15) is 27.6 Å². The SMILES string of the molecule is CC(=O)c1ccc(C(=O)Nc2ccc(S(N)(=O)=O)cc2)cc1. The summed E-state index contributed by atoms with van der Waals surface area (Å²) >= 11 is 0. The van der Waals surface area contributed by atoms with Crippen molar-refractivity contribution in [2.24, 2.45) is 5.14 Å². The van der Waals surface area contributed by atoms with Gasteiger partial charge in [0, 0.05) is 16.8 Å². The van der Waals surface area contributed by atoms with Crippen molar-refractivity contribution in [2.75, 3.05) is 5.32 Å². The largest absolute Gasteiger partial charge is 0.322 e. The van der Waals surface area contributed by atoms with Crippen molar-refractivity contribution in [3.05, 3.63) is 59.7 Å². The van der Waals surface area contributed by atoms with E-state index in [1.165, 1.54) is 31.2 Å². The molecule has 0 saturated heterocycles. The molecule has 0 heterocycles. The van der Waals surface area contributed by atoms with Gasteiger partial charge in [-0.1, -0.05) is 12.1 Å². The van der Waals surface area contributed by atoms with E-state index in [1.54, 1.807) is 24.3 Å². The summed E-state index contributed by atoms with van der Waals surface area (Å²) in [5, 5.41) is 7.62. The van der Waals surface area contributed by atoms with Gasteiger partial charge < -0.3 is 5.32 Å². The van der Waals surface area contributed by atoms with Crippen molar-refractivity contribution in [1.29, 1.82) is 0 Å². The number of ketones is 1. The summed E-state index contributed by atoms with van der Waals surface area (Å²) in [4.78, 5) is 23.2. The third kappa shape index (κ3) is 3.78. The van der Waals surface area contributed by atoms with Gasteiger partial charge in [-0.05, 0) is 43.3 Å². The number of rotatable bonds is 4. The number of benzene rings is 2. The van der Waals surface area contributed by atoms with Crippen LogP contribution in [0.25, 0.3) is 0 Å². The van der Waals surface area contributed by atoms with E-state index in [0.29, 0.717) is 16.8 Å². The van der Waals surface area contributed by atoms with Gasteiger partial charge in [0.05, 0.1) is 4.90 Å². The van der Waals surface area contributed by atoms with E-state index < -0.39 is 10.0 Å². The van der Waals surface area contributed by atoms with Crippen molar-refractivity contribution < 1.29 is 18.0 Å². The van der Waals surface area contributed by atoms with Gasteiger partial charge in [0.1, 0.15) is 0 Å². The highest BCUT2D eigenvalue weighted by Gasteiger charge is 2.09. The average molecular weight is 318 g/mol. The molecule has 7 heteroatoms. The van der Waals surface area contributed by atoms with Crippen molar-refractivity contribution in [3.8, 4) is 0 Å². The monoisotopic (exact) mass is 318 g/mol. The molecule has 6 nitrogen and oxygen atoms in total. The Morgan fingerprint density at radius 2 is 1.41 bits per heavy atom. The van der Waals surface area contributed by atoms with Gasteiger partial charge in [0.25, 0.3) is 5.91 Å². The molecule has 0 aliphatic carbocycles. The zero-order valence-corrected chi connectivity index (χ0v) is 12.6. The first kappa shape index (κ1) is 15.9. The molecule has 2 aromatic carbocycles. The second-order valence-corrected chi connectivity index (χ2v) is 6.22. The zero-order valence-electron chi connectivity index (χ0n) is 11.7. The first-order chi connectivity index (χ1) is 10.3. The Hall–Kier alpha value is -2.51. The average Bonchev–Trinajstić information content (AvgIpc) is 2.47. The van der Waals surface area contributed by atoms with Gasteiger partial charge in [-0.25, -0.2) is 13.6 Å². The number of nitrogens with two attached hydrogens (primary N) is 1. The molecule has 0 atom stereocenters. The molecule has 0 fully saturated rings. The number of hydrogen-bond donors (Lipinski definition) is 2. The van der Waals surface area contributed by atoms with Crippen LogP contribution in [0.5, 0.6) is 0 Å². The maximum absolute atomic E-state index is 12.0. The van der Waals surface area contributed by atoms with Crippen LogP contribution in [0.3, 0.4) is 0 Å². The number of carbonyl (C=O) groups is 2. The van der Waals surface area contributed by atoms with Gasteiger partial charge in [-0.2, -0.15) is 0 Å². The van der Waals surface area contributed by atoms with E-state index in [0.717, 1.165) is 0 Å². The second-order valence-electron chi connectivity index (χ2n) is 4.66. The minimum atomic E-state index is -3.76. The number of sulfonamides is 1.